The summed E-state index contributed by atoms with van der Waals surface area (Å²) in [6.07, 6.45) is 0. The van der Waals surface area contributed by atoms with Gasteiger partial charge in [-0.25, -0.2) is 0 Å². The zero-order valence-corrected chi connectivity index (χ0v) is 6.40. The molecule has 0 spiro atoms. The fraction of sp³-hybridized carbons (Fsp3) is 1.00. The van der Waals surface area contributed by atoms with E-state index in [9.17, 15) is 0 Å². The van der Waals surface area contributed by atoms with Crippen LogP contribution in [0.4, 0.5) is 0 Å². The van der Waals surface area contributed by atoms with Crippen molar-refractivity contribution in [2.45, 2.75) is 0 Å². The van der Waals surface area contributed by atoms with Crippen LogP contribution in [0.1, 0.15) is 0 Å². The van der Waals surface area contributed by atoms with Gasteiger partial charge in [0.2, 0.25) is 0 Å². The molecule has 0 radical (unpaired) electrons. The van der Waals surface area contributed by atoms with Crippen molar-refractivity contribution in [3.63, 3.8) is 0 Å². The molecule has 2 heteroatoms. The minimum Gasteiger partial charge on any atom is -0.309 e. The van der Waals surface area contributed by atoms with Crippen LogP contribution < -0.4 is 0 Å². The summed E-state index contributed by atoms with van der Waals surface area (Å²) in [7, 11) is 4.16. The molecule has 0 aromatic rings. The van der Waals surface area contributed by atoms with Gasteiger partial charge in [0.05, 0.1) is 0 Å². The second-order valence-electron chi connectivity index (χ2n) is 1.49. The van der Waals surface area contributed by atoms with Gasteiger partial charge in [0.15, 0.2) is 0 Å². The van der Waals surface area contributed by atoms with Crippen molar-refractivity contribution in [3.05, 3.63) is 0 Å². The van der Waals surface area contributed by atoms with E-state index in [1.807, 2.05) is 0 Å². The average Bonchev–Trinajstić information content (AvgIpc) is 1.35. The Balaban J connectivity index is 2.63. The summed E-state index contributed by atoms with van der Waals surface area (Å²) < 4.78 is 1.23. The Hall–Kier alpha value is 0.690. The molecule has 0 amide bonds. The lowest BCUT2D eigenvalue weighted by Crippen LogP contribution is -2.13. The Morgan fingerprint density at radius 2 is 2.00 bits per heavy atom. The lowest BCUT2D eigenvalue weighted by molar-refractivity contribution is 0.440. The molecule has 0 saturated carbocycles. The third kappa shape index (κ3) is 4.69. The molecule has 1 nitrogen and oxygen atoms in total. The van der Waals surface area contributed by atoms with Crippen molar-refractivity contribution in [1.82, 2.24) is 4.90 Å². The number of hydrogen-bond donors (Lipinski definition) is 0. The first-order valence-corrected chi connectivity index (χ1v) is 3.50. The number of nitrogens with zero attached hydrogens (tertiary/aromatic N) is 1. The van der Waals surface area contributed by atoms with E-state index in [1.54, 1.807) is 0 Å². The third-order valence-corrected chi connectivity index (χ3v) is 1.01. The van der Waals surface area contributed by atoms with Crippen molar-refractivity contribution < 1.29 is 0 Å². The summed E-state index contributed by atoms with van der Waals surface area (Å²) in [5, 5.41) is 0. The molecule has 0 aliphatic rings. The van der Waals surface area contributed by atoms with Gasteiger partial charge in [-0.1, -0.05) is 22.6 Å². The van der Waals surface area contributed by atoms with Crippen molar-refractivity contribution >= 4 is 22.6 Å². The van der Waals surface area contributed by atoms with Gasteiger partial charge in [-0.3, -0.25) is 0 Å². The van der Waals surface area contributed by atoms with Gasteiger partial charge >= 0.3 is 0 Å². The lowest BCUT2D eigenvalue weighted by atomic mass is 10.7. The van der Waals surface area contributed by atoms with E-state index in [1.165, 1.54) is 11.0 Å². The van der Waals surface area contributed by atoms with Gasteiger partial charge in [0.1, 0.15) is 0 Å². The predicted molar refractivity (Wildman–Crippen MR) is 37.4 cm³/mol. The van der Waals surface area contributed by atoms with Crippen LogP contribution in [0.5, 0.6) is 0 Å². The Kier molecular flexibility index (Phi) is 4.31. The Morgan fingerprint density at radius 1 is 1.50 bits per heavy atom. The van der Waals surface area contributed by atoms with E-state index in [4.69, 9.17) is 0 Å². The van der Waals surface area contributed by atoms with Crippen LogP contribution in [0.25, 0.3) is 0 Å². The van der Waals surface area contributed by atoms with Gasteiger partial charge in [-0.05, 0) is 14.1 Å². The zero-order chi connectivity index (χ0) is 4.99. The maximum absolute atomic E-state index is 2.36. The maximum Gasteiger partial charge on any atom is 0.0123 e. The molecular weight excluding hydrogens is 189 g/mol. The van der Waals surface area contributed by atoms with Crippen LogP contribution in [-0.4, -0.2) is 30.0 Å². The molecule has 0 unspecified atom stereocenters. The van der Waals surface area contributed by atoms with E-state index < -0.39 is 0 Å². The summed E-state index contributed by atoms with van der Waals surface area (Å²) in [6.45, 7) is 1.20. The molecule has 0 N–H and O–H groups in total. The van der Waals surface area contributed by atoms with Gasteiger partial charge in [0.25, 0.3) is 0 Å². The maximum atomic E-state index is 2.36. The predicted octanol–water partition coefficient (Wildman–Crippen LogP) is 0.983. The second-order valence-corrected chi connectivity index (χ2v) is 2.57. The Bertz CT molecular complexity index is 28.7. The van der Waals surface area contributed by atoms with E-state index in [0.29, 0.717) is 0 Å². The number of halogens is 1. The second kappa shape index (κ2) is 3.87. The van der Waals surface area contributed by atoms with Gasteiger partial charge in [-0.15, -0.1) is 0 Å². The van der Waals surface area contributed by atoms with Gasteiger partial charge in [0, 0.05) is 11.0 Å². The topological polar surface area (TPSA) is 3.24 Å². The van der Waals surface area contributed by atoms with Crippen LogP contribution in [0.3, 0.4) is 0 Å². The first-order valence-electron chi connectivity index (χ1n) is 1.98. The van der Waals surface area contributed by atoms with Crippen LogP contribution in [-0.2, 0) is 0 Å². The number of rotatable bonds is 2. The largest absolute Gasteiger partial charge is 0.309 e. The summed E-state index contributed by atoms with van der Waals surface area (Å²) in [5.74, 6) is 0. The highest BCUT2D eigenvalue weighted by molar-refractivity contribution is 14.1. The smallest absolute Gasteiger partial charge is 0.0123 e. The standard InChI is InChI=1S/C4H10IN/c1-6(2)4-3-5/h3-4H2,1-2H3. The first-order chi connectivity index (χ1) is 2.77. The summed E-state index contributed by atoms with van der Waals surface area (Å²) in [5.41, 5.74) is 0. The van der Waals surface area contributed by atoms with Gasteiger partial charge in [-0.2, -0.15) is 0 Å². The zero-order valence-electron chi connectivity index (χ0n) is 4.24. The van der Waals surface area contributed by atoms with E-state index in [-0.39, 0.29) is 0 Å². The molecule has 0 bridgehead atoms. The quantitative estimate of drug-likeness (QED) is 0.473. The SMILES string of the molecule is CN(C)CCI. The normalized spacial score (nSPS) is 10.0. The monoisotopic (exact) mass is 199 g/mol. The highest BCUT2D eigenvalue weighted by atomic mass is 127. The molecule has 0 aliphatic carbocycles. The lowest BCUT2D eigenvalue weighted by Gasteiger charge is -2.03. The fourth-order valence-electron chi connectivity index (χ4n) is 0.169. The fourth-order valence-corrected chi connectivity index (χ4v) is 1.13. The van der Waals surface area contributed by atoms with Crippen LogP contribution in [0, 0.1) is 0 Å². The van der Waals surface area contributed by atoms with Crippen molar-refractivity contribution in [2.24, 2.45) is 0 Å². The van der Waals surface area contributed by atoms with Crippen LogP contribution in [0.15, 0.2) is 0 Å². The molecule has 0 fully saturated rings. The molecule has 0 rings (SSSR count). The minimum atomic E-state index is 1.20. The highest BCUT2D eigenvalue weighted by Gasteiger charge is 1.80. The molecule has 6 heavy (non-hydrogen) atoms. The van der Waals surface area contributed by atoms with E-state index in [0.717, 1.165) is 0 Å². The van der Waals surface area contributed by atoms with Crippen LogP contribution >= 0.6 is 22.6 Å². The molecule has 0 aromatic heterocycles. The molecule has 0 aromatic carbocycles. The highest BCUT2D eigenvalue weighted by Crippen LogP contribution is 1.80. The molecule has 38 valence electrons. The number of alkyl halides is 1. The molecule has 0 saturated heterocycles. The third-order valence-electron chi connectivity index (χ3n) is 0.532. The molecule has 0 atom stereocenters. The van der Waals surface area contributed by atoms with E-state index in [2.05, 4.69) is 41.6 Å². The summed E-state index contributed by atoms with van der Waals surface area (Å²) >= 11 is 2.36. The molecule has 0 aliphatic heterocycles. The van der Waals surface area contributed by atoms with Crippen molar-refractivity contribution in [3.8, 4) is 0 Å². The minimum absolute atomic E-state index is 1.20. The van der Waals surface area contributed by atoms with Gasteiger partial charge < -0.3 is 4.90 Å². The number of hydrogen-bond acceptors (Lipinski definition) is 1. The molecule has 0 heterocycles. The van der Waals surface area contributed by atoms with E-state index >= 15 is 0 Å². The Morgan fingerprint density at radius 3 is 2.00 bits per heavy atom. The summed E-state index contributed by atoms with van der Waals surface area (Å²) in [4.78, 5) is 2.17. The Labute approximate surface area is 52.9 Å². The van der Waals surface area contributed by atoms with Crippen LogP contribution in [0.2, 0.25) is 0 Å². The first kappa shape index (κ1) is 6.69. The van der Waals surface area contributed by atoms with Crippen molar-refractivity contribution in [1.29, 1.82) is 0 Å². The van der Waals surface area contributed by atoms with Crippen molar-refractivity contribution in [2.75, 3.05) is 25.1 Å². The summed E-state index contributed by atoms with van der Waals surface area (Å²) in [6, 6.07) is 0. The average molecular weight is 199 g/mol. The molecular formula is C4H10IN.